The van der Waals surface area contributed by atoms with Crippen molar-refractivity contribution in [1.82, 2.24) is 10.6 Å². The van der Waals surface area contributed by atoms with E-state index in [0.29, 0.717) is 48.4 Å². The molecule has 8 nitrogen and oxygen atoms in total. The fraction of sp³-hybridized carbons (Fsp3) is 0.385. The summed E-state index contributed by atoms with van der Waals surface area (Å²) >= 11 is 0. The smallest absolute Gasteiger partial charge is 0.244 e. The second-order valence-corrected chi connectivity index (χ2v) is 9.45. The number of ketones is 2. The first kappa shape index (κ1) is 25.3. The zero-order valence-corrected chi connectivity index (χ0v) is 20.1. The Kier molecular flexibility index (Phi) is 7.64. The molecule has 0 saturated heterocycles. The van der Waals surface area contributed by atoms with E-state index >= 15 is 0 Å². The third kappa shape index (κ3) is 5.95. The number of carbonyl (C=O) groups is 4. The van der Waals surface area contributed by atoms with E-state index in [-0.39, 0.29) is 23.4 Å². The van der Waals surface area contributed by atoms with Crippen molar-refractivity contribution < 1.29 is 19.2 Å². The van der Waals surface area contributed by atoms with Gasteiger partial charge in [0.15, 0.2) is 11.6 Å². The predicted molar refractivity (Wildman–Crippen MR) is 132 cm³/mol. The molecular weight excluding hydrogens is 432 g/mol. The highest BCUT2D eigenvalue weighted by Crippen LogP contribution is 2.21. The van der Waals surface area contributed by atoms with Crippen molar-refractivity contribution in [3.63, 3.8) is 0 Å². The number of rotatable bonds is 0. The minimum absolute atomic E-state index is 0.0473. The Hall–Kier alpha value is -3.36. The molecule has 2 aliphatic rings. The maximum atomic E-state index is 12.0. The van der Waals surface area contributed by atoms with Gasteiger partial charge in [-0.05, 0) is 52.0 Å². The monoisotopic (exact) mass is 464 g/mol. The molecule has 0 saturated carbocycles. The van der Waals surface area contributed by atoms with Gasteiger partial charge in [-0.2, -0.15) is 0 Å². The van der Waals surface area contributed by atoms with Gasteiger partial charge in [-0.1, -0.05) is 24.3 Å². The van der Waals surface area contributed by atoms with Gasteiger partial charge in [0, 0.05) is 37.1 Å². The number of nitrogens with one attached hydrogen (secondary N) is 4. The van der Waals surface area contributed by atoms with Crippen LogP contribution < -0.4 is 21.3 Å². The first-order valence-corrected chi connectivity index (χ1v) is 11.4. The summed E-state index contributed by atoms with van der Waals surface area (Å²) in [6, 6.07) is 14.2. The topological polar surface area (TPSA) is 116 Å². The van der Waals surface area contributed by atoms with Crippen molar-refractivity contribution in [2.24, 2.45) is 0 Å². The van der Waals surface area contributed by atoms with Gasteiger partial charge in [-0.3, -0.25) is 19.2 Å². The molecule has 2 amide bonds. The number of para-hydroxylation sites is 2. The van der Waals surface area contributed by atoms with E-state index in [1.54, 1.807) is 64.1 Å². The lowest BCUT2D eigenvalue weighted by Gasteiger charge is -2.24. The summed E-state index contributed by atoms with van der Waals surface area (Å²) in [5.41, 5.74) is 1.02. The van der Waals surface area contributed by atoms with E-state index in [4.69, 9.17) is 0 Å². The average Bonchev–Trinajstić information content (AvgIpc) is 2.85. The summed E-state index contributed by atoms with van der Waals surface area (Å²) in [5.74, 6) is -0.156. The Labute approximate surface area is 199 Å². The van der Waals surface area contributed by atoms with Crippen LogP contribution in [0.2, 0.25) is 0 Å². The molecule has 8 heteroatoms. The van der Waals surface area contributed by atoms with Crippen molar-refractivity contribution in [3.8, 4) is 0 Å². The zero-order chi connectivity index (χ0) is 24.9. The third-order valence-corrected chi connectivity index (χ3v) is 5.92. The Balaban J connectivity index is 0.000000191. The Morgan fingerprint density at radius 2 is 0.941 bits per heavy atom. The van der Waals surface area contributed by atoms with Crippen LogP contribution in [0.5, 0.6) is 0 Å². The van der Waals surface area contributed by atoms with Crippen LogP contribution in [0, 0.1) is 0 Å². The van der Waals surface area contributed by atoms with Gasteiger partial charge in [0.1, 0.15) is 0 Å². The highest BCUT2D eigenvalue weighted by molar-refractivity contribution is 6.08. The molecule has 180 valence electrons. The van der Waals surface area contributed by atoms with Crippen LogP contribution in [-0.2, 0) is 9.59 Å². The van der Waals surface area contributed by atoms with Crippen LogP contribution in [0.25, 0.3) is 0 Å². The summed E-state index contributed by atoms with van der Waals surface area (Å²) in [6.45, 7) is 8.24. The number of hydrogen-bond donors (Lipinski definition) is 4. The fourth-order valence-corrected chi connectivity index (χ4v) is 3.63. The molecule has 2 aliphatic heterocycles. The Morgan fingerprint density at radius 1 is 0.588 bits per heavy atom. The molecule has 0 radical (unpaired) electrons. The van der Waals surface area contributed by atoms with Gasteiger partial charge in [-0.25, -0.2) is 0 Å². The average molecular weight is 465 g/mol. The molecule has 34 heavy (non-hydrogen) atoms. The van der Waals surface area contributed by atoms with Crippen LogP contribution in [0.3, 0.4) is 0 Å². The first-order chi connectivity index (χ1) is 16.0. The van der Waals surface area contributed by atoms with Crippen molar-refractivity contribution in [1.29, 1.82) is 0 Å². The molecule has 0 spiro atoms. The minimum atomic E-state index is -0.669. The number of carbonyl (C=O) groups excluding carboxylic acids is 4. The number of fused-ring (bicyclic) bond motifs is 2. The van der Waals surface area contributed by atoms with E-state index < -0.39 is 11.1 Å². The minimum Gasteiger partial charge on any atom is -0.324 e. The summed E-state index contributed by atoms with van der Waals surface area (Å²) in [5, 5.41) is 11.8. The van der Waals surface area contributed by atoms with Gasteiger partial charge >= 0.3 is 0 Å². The lowest BCUT2D eigenvalue weighted by atomic mass is 10.0. The molecule has 0 atom stereocenters. The molecule has 0 bridgehead atoms. The predicted octanol–water partition coefficient (Wildman–Crippen LogP) is 3.16. The van der Waals surface area contributed by atoms with E-state index in [0.717, 1.165) is 0 Å². The molecule has 0 aromatic heterocycles. The second-order valence-electron chi connectivity index (χ2n) is 9.45. The Bertz CT molecular complexity index is 1020. The molecular formula is C26H32N4O4. The summed E-state index contributed by atoms with van der Waals surface area (Å²) in [7, 11) is 0. The molecule has 4 N–H and O–H groups in total. The van der Waals surface area contributed by atoms with Crippen molar-refractivity contribution in [2.45, 2.75) is 51.6 Å². The van der Waals surface area contributed by atoms with Crippen LogP contribution in [0.15, 0.2) is 48.5 Å². The number of amides is 2. The Morgan fingerprint density at radius 3 is 1.32 bits per heavy atom. The van der Waals surface area contributed by atoms with Crippen molar-refractivity contribution in [2.75, 3.05) is 23.7 Å². The third-order valence-electron chi connectivity index (χ3n) is 5.92. The van der Waals surface area contributed by atoms with Crippen LogP contribution in [-0.4, -0.2) is 47.5 Å². The highest BCUT2D eigenvalue weighted by Gasteiger charge is 2.30. The van der Waals surface area contributed by atoms with E-state index in [1.807, 2.05) is 12.1 Å². The van der Waals surface area contributed by atoms with Crippen LogP contribution in [0.1, 0.15) is 61.3 Å². The number of hydrogen-bond acceptors (Lipinski definition) is 6. The normalized spacial score (nSPS) is 19.6. The van der Waals surface area contributed by atoms with Gasteiger partial charge < -0.3 is 21.3 Å². The summed E-state index contributed by atoms with van der Waals surface area (Å²) < 4.78 is 0. The molecule has 0 unspecified atom stereocenters. The van der Waals surface area contributed by atoms with Gasteiger partial charge in [-0.15, -0.1) is 0 Å². The lowest BCUT2D eigenvalue weighted by Crippen LogP contribution is -2.49. The molecule has 2 heterocycles. The standard InChI is InChI=1S/2C13H16N2O2/c2*1-13(2)12(17)15-10-6-4-3-5-9(10)11(16)7-8-14-13/h2*3-6,14H,7-8H2,1-2H3,(H,15,17). The van der Waals surface area contributed by atoms with Crippen molar-refractivity contribution in [3.05, 3.63) is 59.7 Å². The van der Waals surface area contributed by atoms with Gasteiger partial charge in [0.25, 0.3) is 0 Å². The first-order valence-electron chi connectivity index (χ1n) is 11.4. The zero-order valence-electron chi connectivity index (χ0n) is 20.1. The number of Topliss-reactive ketones (excluding diaryl/α,β-unsaturated/α-hetero) is 2. The highest BCUT2D eigenvalue weighted by atomic mass is 16.2. The van der Waals surface area contributed by atoms with Gasteiger partial charge in [0.2, 0.25) is 11.8 Å². The number of benzene rings is 2. The second kappa shape index (κ2) is 10.3. The maximum Gasteiger partial charge on any atom is 0.244 e. The largest absolute Gasteiger partial charge is 0.324 e. The molecule has 0 aliphatic carbocycles. The molecule has 2 aromatic carbocycles. The van der Waals surface area contributed by atoms with E-state index in [1.165, 1.54) is 0 Å². The SMILES string of the molecule is CC1(C)NCCC(=O)c2ccccc2NC1=O.CC1(C)NCCC(=O)c2ccccc2NC1=O. The quantitative estimate of drug-likeness (QED) is 0.476. The summed E-state index contributed by atoms with van der Waals surface area (Å²) in [4.78, 5) is 47.9. The van der Waals surface area contributed by atoms with Crippen LogP contribution in [0.4, 0.5) is 11.4 Å². The number of anilines is 2. The molecule has 2 aromatic rings. The van der Waals surface area contributed by atoms with Crippen molar-refractivity contribution >= 4 is 34.8 Å². The maximum absolute atomic E-state index is 12.0. The van der Waals surface area contributed by atoms with Crippen LogP contribution >= 0.6 is 0 Å². The van der Waals surface area contributed by atoms with E-state index in [9.17, 15) is 19.2 Å². The van der Waals surface area contributed by atoms with E-state index in [2.05, 4.69) is 21.3 Å². The lowest BCUT2D eigenvalue weighted by molar-refractivity contribution is -0.121. The fourth-order valence-electron chi connectivity index (χ4n) is 3.63. The van der Waals surface area contributed by atoms with Gasteiger partial charge in [0.05, 0.1) is 22.5 Å². The summed E-state index contributed by atoms with van der Waals surface area (Å²) in [6.07, 6.45) is 0.796. The molecule has 0 fully saturated rings. The molecule has 4 rings (SSSR count).